The van der Waals surface area contributed by atoms with E-state index in [0.717, 1.165) is 24.2 Å². The zero-order chi connectivity index (χ0) is 19.6. The minimum absolute atomic E-state index is 0.0541. The summed E-state index contributed by atoms with van der Waals surface area (Å²) in [6.45, 7) is 3.07. The number of carboxylic acid groups (broad SMARTS) is 1. The fraction of sp³-hybridized carbons (Fsp3) is 0.333. The number of thiophene rings is 1. The van der Waals surface area contributed by atoms with Crippen LogP contribution in [0, 0.1) is 5.92 Å². The van der Waals surface area contributed by atoms with E-state index < -0.39 is 21.9 Å². The topological polar surface area (TPSA) is 107 Å². The van der Waals surface area contributed by atoms with Crippen molar-refractivity contribution in [1.82, 2.24) is 4.31 Å². The molecule has 0 saturated carbocycles. The largest absolute Gasteiger partial charge is 0.545 e. The van der Waals surface area contributed by atoms with Crippen LogP contribution in [0.2, 0.25) is 0 Å². The lowest BCUT2D eigenvalue weighted by Crippen LogP contribution is -2.37. The van der Waals surface area contributed by atoms with Gasteiger partial charge in [-0.3, -0.25) is 4.79 Å². The highest BCUT2D eigenvalue weighted by atomic mass is 32.2. The number of hydrogen-bond donors (Lipinski definition) is 1. The van der Waals surface area contributed by atoms with Crippen molar-refractivity contribution in [3.8, 4) is 0 Å². The zero-order valence-corrected chi connectivity index (χ0v) is 16.3. The number of aromatic carboxylic acids is 1. The number of carboxylic acids is 1. The Hall–Kier alpha value is -2.23. The number of sulfonamides is 1. The van der Waals surface area contributed by atoms with Crippen molar-refractivity contribution >= 4 is 38.9 Å². The number of hydrogen-bond acceptors (Lipinski definition) is 6. The molecule has 3 rings (SSSR count). The lowest BCUT2D eigenvalue weighted by molar-refractivity contribution is -0.255. The molecular weight excluding hydrogens is 388 g/mol. The monoisotopic (exact) mass is 407 g/mol. The van der Waals surface area contributed by atoms with Crippen LogP contribution in [0.15, 0.2) is 40.6 Å². The number of rotatable bonds is 5. The second-order valence-electron chi connectivity index (χ2n) is 6.56. The Bertz CT molecular complexity index is 960. The Morgan fingerprint density at radius 1 is 1.22 bits per heavy atom. The molecule has 1 N–H and O–H groups in total. The fourth-order valence-electron chi connectivity index (χ4n) is 2.86. The van der Waals surface area contributed by atoms with Crippen LogP contribution in [0.4, 0.5) is 5.69 Å². The maximum absolute atomic E-state index is 12.7. The number of nitrogens with one attached hydrogen (secondary N) is 1. The van der Waals surface area contributed by atoms with E-state index in [0.29, 0.717) is 24.7 Å². The molecule has 0 aliphatic carbocycles. The lowest BCUT2D eigenvalue weighted by atomic mass is 10.0. The molecule has 9 heteroatoms. The predicted molar refractivity (Wildman–Crippen MR) is 100 cm³/mol. The van der Waals surface area contributed by atoms with Gasteiger partial charge in [0.25, 0.3) is 5.91 Å². The van der Waals surface area contributed by atoms with Gasteiger partial charge in [-0.25, -0.2) is 8.42 Å². The lowest BCUT2D eigenvalue weighted by Gasteiger charge is -2.29. The van der Waals surface area contributed by atoms with Gasteiger partial charge < -0.3 is 15.2 Å². The van der Waals surface area contributed by atoms with E-state index in [-0.39, 0.29) is 15.3 Å². The van der Waals surface area contributed by atoms with E-state index in [9.17, 15) is 23.1 Å². The van der Waals surface area contributed by atoms with Gasteiger partial charge in [0.15, 0.2) is 0 Å². The molecule has 0 radical (unpaired) electrons. The van der Waals surface area contributed by atoms with Crippen molar-refractivity contribution in [2.45, 2.75) is 24.7 Å². The maximum atomic E-state index is 12.7. The summed E-state index contributed by atoms with van der Waals surface area (Å²) < 4.78 is 26.9. The minimum Gasteiger partial charge on any atom is -0.545 e. The normalized spacial score (nSPS) is 16.2. The summed E-state index contributed by atoms with van der Waals surface area (Å²) in [4.78, 5) is 23.6. The van der Waals surface area contributed by atoms with E-state index in [1.165, 1.54) is 34.0 Å². The molecule has 27 heavy (non-hydrogen) atoms. The second-order valence-corrected chi connectivity index (χ2v) is 9.40. The van der Waals surface area contributed by atoms with Crippen molar-refractivity contribution in [1.29, 1.82) is 0 Å². The van der Waals surface area contributed by atoms with Crippen molar-refractivity contribution in [2.24, 2.45) is 5.92 Å². The van der Waals surface area contributed by atoms with Gasteiger partial charge in [-0.15, -0.1) is 11.3 Å². The van der Waals surface area contributed by atoms with Crippen LogP contribution in [-0.2, 0) is 10.0 Å². The Labute approximate surface area is 161 Å². The average molecular weight is 407 g/mol. The van der Waals surface area contributed by atoms with Gasteiger partial charge in [0.2, 0.25) is 10.0 Å². The molecule has 2 aromatic rings. The number of anilines is 1. The Balaban J connectivity index is 1.74. The third kappa shape index (κ3) is 4.37. The molecule has 0 unspecified atom stereocenters. The Kier molecular flexibility index (Phi) is 5.64. The van der Waals surface area contributed by atoms with E-state index in [1.54, 1.807) is 6.07 Å². The molecule has 1 aliphatic rings. The molecule has 1 aromatic carbocycles. The van der Waals surface area contributed by atoms with Gasteiger partial charge in [0.05, 0.1) is 15.7 Å². The Morgan fingerprint density at radius 3 is 2.59 bits per heavy atom. The summed E-state index contributed by atoms with van der Waals surface area (Å²) in [6, 6.07) is 7.04. The number of benzene rings is 1. The molecule has 2 heterocycles. The molecule has 1 aromatic heterocycles. The highest BCUT2D eigenvalue weighted by Gasteiger charge is 2.29. The van der Waals surface area contributed by atoms with Crippen molar-refractivity contribution in [3.05, 3.63) is 46.2 Å². The minimum atomic E-state index is -3.61. The van der Waals surface area contributed by atoms with Crippen LogP contribution in [-0.4, -0.2) is 37.7 Å². The highest BCUT2D eigenvalue weighted by Crippen LogP contribution is 2.27. The van der Waals surface area contributed by atoms with E-state index in [4.69, 9.17) is 0 Å². The summed E-state index contributed by atoms with van der Waals surface area (Å²) >= 11 is 1.03. The van der Waals surface area contributed by atoms with Crippen LogP contribution < -0.4 is 10.4 Å². The van der Waals surface area contributed by atoms with Crippen LogP contribution >= 0.6 is 11.3 Å². The molecule has 144 valence electrons. The second kappa shape index (κ2) is 7.79. The van der Waals surface area contributed by atoms with Gasteiger partial charge >= 0.3 is 0 Å². The van der Waals surface area contributed by atoms with Crippen LogP contribution in [0.5, 0.6) is 0 Å². The van der Waals surface area contributed by atoms with Crippen LogP contribution in [0.3, 0.4) is 0 Å². The van der Waals surface area contributed by atoms with E-state index in [1.807, 2.05) is 0 Å². The first-order valence-corrected chi connectivity index (χ1v) is 10.8. The van der Waals surface area contributed by atoms with Gasteiger partial charge in [-0.2, -0.15) is 4.31 Å². The van der Waals surface area contributed by atoms with Gasteiger partial charge in [0, 0.05) is 24.2 Å². The number of amides is 1. The molecule has 7 nitrogen and oxygen atoms in total. The standard InChI is InChI=1S/C18H20N2O5S2/c1-12-5-7-20(8-6-12)27(24,25)15-10-16(26-11-15)17(21)19-14-4-2-3-13(9-14)18(22)23/h2-4,9-12H,5-8H2,1H3,(H,19,21)(H,22,23)/p-1. The molecule has 0 spiro atoms. The summed E-state index contributed by atoms with van der Waals surface area (Å²) in [7, 11) is -3.61. The first-order chi connectivity index (χ1) is 12.8. The number of piperidine rings is 1. The number of carbonyl (C=O) groups is 2. The van der Waals surface area contributed by atoms with Crippen LogP contribution in [0.25, 0.3) is 0 Å². The summed E-state index contributed by atoms with van der Waals surface area (Å²) in [5, 5.41) is 14.9. The predicted octanol–water partition coefficient (Wildman–Crippen LogP) is 1.78. The number of nitrogens with zero attached hydrogens (tertiary/aromatic N) is 1. The molecule has 1 aliphatic heterocycles. The first kappa shape index (κ1) is 19.5. The van der Waals surface area contributed by atoms with E-state index >= 15 is 0 Å². The molecule has 0 atom stereocenters. The molecule has 1 fully saturated rings. The molecular formula is C18H19N2O5S2-. The van der Waals surface area contributed by atoms with Gasteiger partial charge in [0.1, 0.15) is 0 Å². The maximum Gasteiger partial charge on any atom is 0.265 e. The smallest absolute Gasteiger partial charge is 0.265 e. The number of carbonyl (C=O) groups excluding carboxylic acids is 2. The third-order valence-electron chi connectivity index (χ3n) is 4.54. The first-order valence-electron chi connectivity index (χ1n) is 8.49. The van der Waals surface area contributed by atoms with Gasteiger partial charge in [-0.1, -0.05) is 19.1 Å². The Morgan fingerprint density at radius 2 is 1.93 bits per heavy atom. The highest BCUT2D eigenvalue weighted by molar-refractivity contribution is 7.89. The average Bonchev–Trinajstić information content (AvgIpc) is 3.13. The third-order valence-corrected chi connectivity index (χ3v) is 7.49. The fourth-order valence-corrected chi connectivity index (χ4v) is 5.49. The van der Waals surface area contributed by atoms with Crippen LogP contribution in [0.1, 0.15) is 39.8 Å². The molecule has 0 bridgehead atoms. The summed E-state index contributed by atoms with van der Waals surface area (Å²) in [5.74, 6) is -1.33. The zero-order valence-electron chi connectivity index (χ0n) is 14.7. The quantitative estimate of drug-likeness (QED) is 0.813. The van der Waals surface area contributed by atoms with Gasteiger partial charge in [-0.05, 0) is 42.5 Å². The van der Waals surface area contributed by atoms with Crippen molar-refractivity contribution in [3.63, 3.8) is 0 Å². The van der Waals surface area contributed by atoms with E-state index in [2.05, 4.69) is 12.2 Å². The summed E-state index contributed by atoms with van der Waals surface area (Å²) in [6.07, 6.45) is 1.65. The molecule has 1 amide bonds. The van der Waals surface area contributed by atoms with Crippen molar-refractivity contribution < 1.29 is 23.1 Å². The van der Waals surface area contributed by atoms with Crippen molar-refractivity contribution in [2.75, 3.05) is 18.4 Å². The molecule has 1 saturated heterocycles. The SMILES string of the molecule is CC1CCN(S(=O)(=O)c2csc(C(=O)Nc3cccc(C(=O)[O-])c3)c2)CC1. The summed E-state index contributed by atoms with van der Waals surface area (Å²) in [5.41, 5.74) is 0.242.